The van der Waals surface area contributed by atoms with Gasteiger partial charge in [0.2, 0.25) is 5.91 Å². The maximum absolute atomic E-state index is 13.0. The molecule has 0 radical (unpaired) electrons. The van der Waals surface area contributed by atoms with Crippen molar-refractivity contribution in [3.8, 4) is 0 Å². The van der Waals surface area contributed by atoms with Gasteiger partial charge in [-0.05, 0) is 37.5 Å². The van der Waals surface area contributed by atoms with Crippen LogP contribution in [-0.4, -0.2) is 15.7 Å². The van der Waals surface area contributed by atoms with Gasteiger partial charge in [0.1, 0.15) is 6.54 Å². The van der Waals surface area contributed by atoms with Crippen molar-refractivity contribution in [3.63, 3.8) is 0 Å². The average molecular weight is 377 g/mol. The van der Waals surface area contributed by atoms with Crippen molar-refractivity contribution in [1.82, 2.24) is 9.78 Å². The summed E-state index contributed by atoms with van der Waals surface area (Å²) < 4.78 is 78.1. The molecule has 2 aromatic rings. The molecule has 1 aliphatic carbocycles. The van der Waals surface area contributed by atoms with E-state index in [0.29, 0.717) is 18.5 Å². The van der Waals surface area contributed by atoms with Crippen molar-refractivity contribution >= 4 is 11.6 Å². The summed E-state index contributed by atoms with van der Waals surface area (Å²) in [4.78, 5) is 12.1. The molecule has 1 aliphatic rings. The van der Waals surface area contributed by atoms with Crippen LogP contribution in [-0.2, 0) is 36.5 Å². The highest BCUT2D eigenvalue weighted by Crippen LogP contribution is 2.36. The monoisotopic (exact) mass is 377 g/mol. The number of fused-ring (bicyclic) bond motifs is 1. The Kier molecular flexibility index (Phi) is 4.45. The number of anilines is 1. The molecule has 140 valence electrons. The molecule has 0 aliphatic heterocycles. The second-order valence-corrected chi connectivity index (χ2v) is 5.91. The van der Waals surface area contributed by atoms with Gasteiger partial charge in [0.25, 0.3) is 0 Å². The number of amides is 1. The van der Waals surface area contributed by atoms with E-state index in [0.717, 1.165) is 22.9 Å². The number of carbonyl (C=O) groups is 1. The van der Waals surface area contributed by atoms with Crippen LogP contribution in [0.2, 0.25) is 0 Å². The minimum Gasteiger partial charge on any atom is -0.324 e. The van der Waals surface area contributed by atoms with Crippen LogP contribution in [0.25, 0.3) is 0 Å². The van der Waals surface area contributed by atoms with Gasteiger partial charge in [0.15, 0.2) is 5.69 Å². The van der Waals surface area contributed by atoms with Crippen molar-refractivity contribution in [3.05, 3.63) is 46.8 Å². The fraction of sp³-hybridized carbons (Fsp3) is 0.375. The molecule has 0 atom stereocenters. The third-order valence-corrected chi connectivity index (χ3v) is 4.04. The molecule has 1 N–H and O–H groups in total. The van der Waals surface area contributed by atoms with Gasteiger partial charge < -0.3 is 5.32 Å². The number of hydrogen-bond donors (Lipinski definition) is 1. The van der Waals surface area contributed by atoms with Crippen LogP contribution in [0.3, 0.4) is 0 Å². The molecule has 0 unspecified atom stereocenters. The van der Waals surface area contributed by atoms with E-state index in [1.807, 2.05) is 0 Å². The predicted molar refractivity (Wildman–Crippen MR) is 79.3 cm³/mol. The molecule has 3 rings (SSSR count). The van der Waals surface area contributed by atoms with Crippen molar-refractivity contribution in [2.24, 2.45) is 0 Å². The van der Waals surface area contributed by atoms with Gasteiger partial charge in [-0.1, -0.05) is 6.07 Å². The van der Waals surface area contributed by atoms with Crippen molar-refractivity contribution in [2.75, 3.05) is 5.32 Å². The van der Waals surface area contributed by atoms with Crippen LogP contribution in [0, 0.1) is 0 Å². The molecule has 0 fully saturated rings. The third-order valence-electron chi connectivity index (χ3n) is 4.04. The second kappa shape index (κ2) is 6.33. The first kappa shape index (κ1) is 18.3. The normalized spacial score (nSPS) is 14.4. The quantitative estimate of drug-likeness (QED) is 0.821. The standard InChI is InChI=1S/C16H13F6N3O/c17-15(18,19)9-3-1-4-10(7-9)23-13(26)8-25-12-6-2-5-11(12)14(24-25)16(20,21)22/h1,3-4,7H,2,5-6,8H2,(H,23,26). The number of rotatable bonds is 3. The molecule has 0 spiro atoms. The van der Waals surface area contributed by atoms with Crippen LogP contribution < -0.4 is 5.32 Å². The Hall–Kier alpha value is -2.52. The van der Waals surface area contributed by atoms with Crippen LogP contribution in [0.1, 0.15) is 28.9 Å². The molecule has 0 saturated heterocycles. The van der Waals surface area contributed by atoms with Crippen molar-refractivity contribution in [1.29, 1.82) is 0 Å². The first-order chi connectivity index (χ1) is 12.1. The molecule has 1 aromatic heterocycles. The first-order valence-corrected chi connectivity index (χ1v) is 7.68. The van der Waals surface area contributed by atoms with E-state index >= 15 is 0 Å². The lowest BCUT2D eigenvalue weighted by Gasteiger charge is -2.10. The van der Waals surface area contributed by atoms with Crippen LogP contribution >= 0.6 is 0 Å². The van der Waals surface area contributed by atoms with Gasteiger partial charge >= 0.3 is 12.4 Å². The number of halogens is 6. The van der Waals surface area contributed by atoms with Gasteiger partial charge in [-0.3, -0.25) is 9.48 Å². The summed E-state index contributed by atoms with van der Waals surface area (Å²) >= 11 is 0. The number of benzene rings is 1. The van der Waals surface area contributed by atoms with E-state index in [4.69, 9.17) is 0 Å². The van der Waals surface area contributed by atoms with Crippen LogP contribution in [0.15, 0.2) is 24.3 Å². The number of nitrogens with zero attached hydrogens (tertiary/aromatic N) is 2. The Labute approximate surface area is 143 Å². The molecule has 1 amide bonds. The summed E-state index contributed by atoms with van der Waals surface area (Å²) in [6.07, 6.45) is -8.04. The molecule has 4 nitrogen and oxygen atoms in total. The van der Waals surface area contributed by atoms with Crippen LogP contribution in [0.4, 0.5) is 32.0 Å². The largest absolute Gasteiger partial charge is 0.435 e. The molecule has 0 saturated carbocycles. The minimum absolute atomic E-state index is 0.0874. The topological polar surface area (TPSA) is 46.9 Å². The molecular weight excluding hydrogens is 364 g/mol. The van der Waals surface area contributed by atoms with E-state index in [-0.39, 0.29) is 17.7 Å². The third kappa shape index (κ3) is 3.68. The van der Waals surface area contributed by atoms with E-state index in [9.17, 15) is 31.1 Å². The molecule has 10 heteroatoms. The summed E-state index contributed by atoms with van der Waals surface area (Å²) in [5, 5.41) is 5.75. The van der Waals surface area contributed by atoms with Gasteiger partial charge in [0.05, 0.1) is 5.56 Å². The Morgan fingerprint density at radius 1 is 1.12 bits per heavy atom. The first-order valence-electron chi connectivity index (χ1n) is 7.68. The lowest BCUT2D eigenvalue weighted by Crippen LogP contribution is -2.21. The summed E-state index contributed by atoms with van der Waals surface area (Å²) in [5.74, 6) is -0.754. The highest BCUT2D eigenvalue weighted by Gasteiger charge is 2.40. The van der Waals surface area contributed by atoms with Crippen molar-refractivity contribution in [2.45, 2.75) is 38.2 Å². The van der Waals surface area contributed by atoms with Gasteiger partial charge in [-0.25, -0.2) is 0 Å². The lowest BCUT2D eigenvalue weighted by molar-refractivity contribution is -0.142. The highest BCUT2D eigenvalue weighted by molar-refractivity contribution is 5.90. The molecule has 1 heterocycles. The number of hydrogen-bond acceptors (Lipinski definition) is 2. The Balaban J connectivity index is 1.78. The number of carbonyl (C=O) groups excluding carboxylic acids is 1. The van der Waals surface area contributed by atoms with E-state index < -0.39 is 36.1 Å². The SMILES string of the molecule is O=C(Cn1nc(C(F)(F)F)c2c1CCC2)Nc1cccc(C(F)(F)F)c1. The maximum Gasteiger partial charge on any atom is 0.435 e. The predicted octanol–water partition coefficient (Wildman–Crippen LogP) is 4.05. The summed E-state index contributed by atoms with van der Waals surface area (Å²) in [5.41, 5.74) is -1.60. The lowest BCUT2D eigenvalue weighted by atomic mass is 10.2. The minimum atomic E-state index is -4.61. The molecular formula is C16H13F6N3O. The smallest absolute Gasteiger partial charge is 0.324 e. The Morgan fingerprint density at radius 3 is 2.50 bits per heavy atom. The molecule has 0 bridgehead atoms. The van der Waals surface area contributed by atoms with Crippen molar-refractivity contribution < 1.29 is 31.1 Å². The average Bonchev–Trinajstić information content (AvgIpc) is 3.09. The van der Waals surface area contributed by atoms with E-state index in [1.54, 1.807) is 0 Å². The Bertz CT molecular complexity index is 837. The number of aromatic nitrogens is 2. The van der Waals surface area contributed by atoms with Gasteiger partial charge in [0, 0.05) is 16.9 Å². The van der Waals surface area contributed by atoms with Crippen LogP contribution in [0.5, 0.6) is 0 Å². The molecule has 26 heavy (non-hydrogen) atoms. The highest BCUT2D eigenvalue weighted by atomic mass is 19.4. The number of nitrogens with one attached hydrogen (secondary N) is 1. The summed E-state index contributed by atoms with van der Waals surface area (Å²) in [7, 11) is 0. The van der Waals surface area contributed by atoms with E-state index in [2.05, 4.69) is 10.4 Å². The maximum atomic E-state index is 13.0. The second-order valence-electron chi connectivity index (χ2n) is 5.91. The zero-order valence-electron chi connectivity index (χ0n) is 13.2. The summed E-state index contributed by atoms with van der Waals surface area (Å²) in [6, 6.07) is 4.01. The fourth-order valence-corrected chi connectivity index (χ4v) is 2.98. The zero-order valence-corrected chi connectivity index (χ0v) is 13.2. The van der Waals surface area contributed by atoms with E-state index in [1.165, 1.54) is 6.07 Å². The molecule has 1 aromatic carbocycles. The number of alkyl halides is 6. The van der Waals surface area contributed by atoms with Gasteiger partial charge in [-0.15, -0.1) is 0 Å². The zero-order chi connectivity index (χ0) is 19.1. The fourth-order valence-electron chi connectivity index (χ4n) is 2.98. The summed E-state index contributed by atoms with van der Waals surface area (Å²) in [6.45, 7) is -0.505. The Morgan fingerprint density at radius 2 is 1.85 bits per heavy atom. The van der Waals surface area contributed by atoms with Gasteiger partial charge in [-0.2, -0.15) is 31.4 Å².